The molecule has 0 saturated carbocycles. The van der Waals surface area contributed by atoms with Gasteiger partial charge in [0, 0.05) is 18.2 Å². The fourth-order valence-corrected chi connectivity index (χ4v) is 3.85. The second-order valence-corrected chi connectivity index (χ2v) is 6.91. The van der Waals surface area contributed by atoms with Crippen molar-refractivity contribution in [3.63, 3.8) is 0 Å². The van der Waals surface area contributed by atoms with Crippen LogP contribution in [0.4, 0.5) is 0 Å². The Morgan fingerprint density at radius 3 is 2.58 bits per heavy atom. The van der Waals surface area contributed by atoms with Gasteiger partial charge >= 0.3 is 0 Å². The van der Waals surface area contributed by atoms with Gasteiger partial charge in [-0.25, -0.2) is 0 Å². The first kappa shape index (κ1) is 16.6. The SMILES string of the molecule is COc1ccc(C(=O)N2CCCC2Cc2ccc3ccccc3c2)cc1. The Morgan fingerprint density at radius 2 is 1.81 bits per heavy atom. The van der Waals surface area contributed by atoms with Gasteiger partial charge in [-0.1, -0.05) is 42.5 Å². The number of carbonyl (C=O) groups is 1. The van der Waals surface area contributed by atoms with Crippen molar-refractivity contribution in [3.8, 4) is 5.75 Å². The van der Waals surface area contributed by atoms with E-state index in [1.165, 1.54) is 16.3 Å². The van der Waals surface area contributed by atoms with Gasteiger partial charge in [0.2, 0.25) is 0 Å². The molecule has 0 N–H and O–H groups in total. The minimum absolute atomic E-state index is 0.121. The van der Waals surface area contributed by atoms with E-state index in [1.54, 1.807) is 7.11 Å². The van der Waals surface area contributed by atoms with Crippen molar-refractivity contribution >= 4 is 16.7 Å². The van der Waals surface area contributed by atoms with Crippen LogP contribution in [0.1, 0.15) is 28.8 Å². The summed E-state index contributed by atoms with van der Waals surface area (Å²) in [7, 11) is 1.64. The molecule has 0 aromatic heterocycles. The van der Waals surface area contributed by atoms with Gasteiger partial charge in [-0.15, -0.1) is 0 Å². The second kappa shape index (κ2) is 7.20. The number of hydrogen-bond donors (Lipinski definition) is 0. The Hall–Kier alpha value is -2.81. The average Bonchev–Trinajstić information content (AvgIpc) is 3.15. The van der Waals surface area contributed by atoms with E-state index in [0.29, 0.717) is 0 Å². The molecule has 3 heteroatoms. The fraction of sp³-hybridized carbons (Fsp3) is 0.261. The maximum Gasteiger partial charge on any atom is 0.254 e. The summed E-state index contributed by atoms with van der Waals surface area (Å²) in [6, 6.07) is 22.7. The molecule has 4 rings (SSSR count). The summed E-state index contributed by atoms with van der Waals surface area (Å²) in [6.45, 7) is 0.836. The van der Waals surface area contributed by atoms with Crippen LogP contribution in [0.3, 0.4) is 0 Å². The molecule has 3 aromatic carbocycles. The Labute approximate surface area is 154 Å². The van der Waals surface area contributed by atoms with Crippen LogP contribution in [0.15, 0.2) is 66.7 Å². The molecule has 1 aliphatic rings. The monoisotopic (exact) mass is 345 g/mol. The van der Waals surface area contributed by atoms with Gasteiger partial charge < -0.3 is 9.64 Å². The van der Waals surface area contributed by atoms with E-state index >= 15 is 0 Å². The summed E-state index contributed by atoms with van der Waals surface area (Å²) in [4.78, 5) is 15.0. The van der Waals surface area contributed by atoms with Gasteiger partial charge in [0.05, 0.1) is 7.11 Å². The zero-order chi connectivity index (χ0) is 17.9. The molecule has 0 spiro atoms. The average molecular weight is 345 g/mol. The quantitative estimate of drug-likeness (QED) is 0.686. The Bertz CT molecular complexity index is 917. The second-order valence-electron chi connectivity index (χ2n) is 6.91. The molecule has 1 amide bonds. The molecule has 1 unspecified atom stereocenters. The van der Waals surface area contributed by atoms with E-state index in [-0.39, 0.29) is 11.9 Å². The first-order chi connectivity index (χ1) is 12.7. The number of rotatable bonds is 4. The smallest absolute Gasteiger partial charge is 0.254 e. The van der Waals surface area contributed by atoms with Crippen LogP contribution in [0, 0.1) is 0 Å². The Morgan fingerprint density at radius 1 is 1.04 bits per heavy atom. The normalized spacial score (nSPS) is 16.8. The standard InChI is InChI=1S/C23H23NO2/c1-26-22-12-10-19(11-13-22)23(25)24-14-4-7-21(24)16-17-8-9-18-5-2-3-6-20(18)15-17/h2-3,5-6,8-13,15,21H,4,7,14,16H2,1H3. The lowest BCUT2D eigenvalue weighted by Crippen LogP contribution is -2.36. The molecule has 3 nitrogen and oxygen atoms in total. The number of ether oxygens (including phenoxy) is 1. The van der Waals surface area contributed by atoms with Crippen molar-refractivity contribution < 1.29 is 9.53 Å². The van der Waals surface area contributed by atoms with Crippen molar-refractivity contribution in [1.29, 1.82) is 0 Å². The number of benzene rings is 3. The van der Waals surface area contributed by atoms with Crippen LogP contribution in [-0.4, -0.2) is 30.5 Å². The molecule has 1 fully saturated rings. The van der Waals surface area contributed by atoms with E-state index < -0.39 is 0 Å². The Balaban J connectivity index is 1.52. The number of likely N-dealkylation sites (tertiary alicyclic amines) is 1. The molecule has 132 valence electrons. The van der Waals surface area contributed by atoms with Crippen LogP contribution in [0.2, 0.25) is 0 Å². The van der Waals surface area contributed by atoms with Gasteiger partial charge in [-0.05, 0) is 59.9 Å². The van der Waals surface area contributed by atoms with Crippen molar-refractivity contribution in [2.75, 3.05) is 13.7 Å². The topological polar surface area (TPSA) is 29.5 Å². The van der Waals surface area contributed by atoms with Gasteiger partial charge in [0.15, 0.2) is 0 Å². The zero-order valence-corrected chi connectivity index (χ0v) is 15.0. The highest BCUT2D eigenvalue weighted by Crippen LogP contribution is 2.25. The highest BCUT2D eigenvalue weighted by molar-refractivity contribution is 5.94. The zero-order valence-electron chi connectivity index (χ0n) is 15.0. The van der Waals surface area contributed by atoms with E-state index in [9.17, 15) is 4.79 Å². The fourth-order valence-electron chi connectivity index (χ4n) is 3.85. The molecule has 1 aliphatic heterocycles. The summed E-state index contributed by atoms with van der Waals surface area (Å²) in [5.74, 6) is 0.895. The summed E-state index contributed by atoms with van der Waals surface area (Å²) >= 11 is 0. The number of methoxy groups -OCH3 is 1. The van der Waals surface area contributed by atoms with Crippen molar-refractivity contribution in [1.82, 2.24) is 4.90 Å². The van der Waals surface area contributed by atoms with Crippen LogP contribution in [-0.2, 0) is 6.42 Å². The van der Waals surface area contributed by atoms with E-state index in [4.69, 9.17) is 4.74 Å². The molecular weight excluding hydrogens is 322 g/mol. The van der Waals surface area contributed by atoms with E-state index in [1.807, 2.05) is 29.2 Å². The maximum atomic E-state index is 12.9. The number of carbonyl (C=O) groups excluding carboxylic acids is 1. The van der Waals surface area contributed by atoms with Gasteiger partial charge in [0.25, 0.3) is 5.91 Å². The summed E-state index contributed by atoms with van der Waals surface area (Å²) in [5, 5.41) is 2.52. The highest BCUT2D eigenvalue weighted by Gasteiger charge is 2.29. The third-order valence-electron chi connectivity index (χ3n) is 5.26. The largest absolute Gasteiger partial charge is 0.497 e. The number of hydrogen-bond acceptors (Lipinski definition) is 2. The van der Waals surface area contributed by atoms with Gasteiger partial charge in [0.1, 0.15) is 5.75 Å². The minimum Gasteiger partial charge on any atom is -0.497 e. The molecule has 0 bridgehead atoms. The molecule has 0 radical (unpaired) electrons. The third-order valence-corrected chi connectivity index (χ3v) is 5.26. The van der Waals surface area contributed by atoms with E-state index in [2.05, 4.69) is 42.5 Å². The van der Waals surface area contributed by atoms with Crippen molar-refractivity contribution in [3.05, 3.63) is 77.9 Å². The number of amides is 1. The van der Waals surface area contributed by atoms with Gasteiger partial charge in [-0.3, -0.25) is 4.79 Å². The Kier molecular flexibility index (Phi) is 4.61. The number of nitrogens with zero attached hydrogens (tertiary/aromatic N) is 1. The van der Waals surface area contributed by atoms with Crippen LogP contribution >= 0.6 is 0 Å². The van der Waals surface area contributed by atoms with Crippen molar-refractivity contribution in [2.24, 2.45) is 0 Å². The molecular formula is C23H23NO2. The third kappa shape index (κ3) is 3.30. The predicted octanol–water partition coefficient (Wildman–Crippen LogP) is 4.70. The van der Waals surface area contributed by atoms with E-state index in [0.717, 1.165) is 37.1 Å². The number of fused-ring (bicyclic) bond motifs is 1. The summed E-state index contributed by atoms with van der Waals surface area (Å²) in [6.07, 6.45) is 3.04. The highest BCUT2D eigenvalue weighted by atomic mass is 16.5. The summed E-state index contributed by atoms with van der Waals surface area (Å²) in [5.41, 5.74) is 2.03. The first-order valence-corrected chi connectivity index (χ1v) is 9.17. The molecule has 1 atom stereocenters. The van der Waals surface area contributed by atoms with Crippen molar-refractivity contribution in [2.45, 2.75) is 25.3 Å². The van der Waals surface area contributed by atoms with Gasteiger partial charge in [-0.2, -0.15) is 0 Å². The lowest BCUT2D eigenvalue weighted by molar-refractivity contribution is 0.0736. The minimum atomic E-state index is 0.121. The predicted molar refractivity (Wildman–Crippen MR) is 105 cm³/mol. The van der Waals surface area contributed by atoms with Crippen LogP contribution in [0.5, 0.6) is 5.75 Å². The molecule has 3 aromatic rings. The lowest BCUT2D eigenvalue weighted by Gasteiger charge is -2.25. The van der Waals surface area contributed by atoms with Crippen LogP contribution < -0.4 is 4.74 Å². The first-order valence-electron chi connectivity index (χ1n) is 9.17. The summed E-state index contributed by atoms with van der Waals surface area (Å²) < 4.78 is 5.18. The molecule has 1 saturated heterocycles. The molecule has 1 heterocycles. The van der Waals surface area contributed by atoms with Crippen LogP contribution in [0.25, 0.3) is 10.8 Å². The molecule has 26 heavy (non-hydrogen) atoms. The maximum absolute atomic E-state index is 12.9. The molecule has 0 aliphatic carbocycles. The lowest BCUT2D eigenvalue weighted by atomic mass is 10.00.